The molecule has 0 spiro atoms. The summed E-state index contributed by atoms with van der Waals surface area (Å²) < 4.78 is 0. The number of nitrogens with zero attached hydrogens (tertiary/aromatic N) is 1. The number of nitrogen functional groups attached to an aromatic ring is 2. The molecule has 1 saturated heterocycles. The Labute approximate surface area is 90.2 Å². The molecule has 1 aromatic rings. The number of nitrogens with two attached hydrogens (primary N) is 2. The van der Waals surface area contributed by atoms with E-state index in [1.165, 1.54) is 0 Å². The number of rotatable bonds is 2. The summed E-state index contributed by atoms with van der Waals surface area (Å²) in [6.07, 6.45) is 0. The first-order valence-electron chi connectivity index (χ1n) is 5.32. The monoisotopic (exact) mass is 206 g/mol. The van der Waals surface area contributed by atoms with Crippen LogP contribution in [0.3, 0.4) is 0 Å². The van der Waals surface area contributed by atoms with Gasteiger partial charge in [0.05, 0.1) is 0 Å². The Morgan fingerprint density at radius 3 is 2.67 bits per heavy atom. The first-order valence-corrected chi connectivity index (χ1v) is 5.32. The lowest BCUT2D eigenvalue weighted by molar-refractivity contribution is 0.233. The van der Waals surface area contributed by atoms with Gasteiger partial charge in [0, 0.05) is 44.1 Å². The van der Waals surface area contributed by atoms with Gasteiger partial charge >= 0.3 is 0 Å². The molecule has 2 rings (SSSR count). The van der Waals surface area contributed by atoms with Gasteiger partial charge in [0.2, 0.25) is 0 Å². The summed E-state index contributed by atoms with van der Waals surface area (Å²) in [5.41, 5.74) is 14.4. The van der Waals surface area contributed by atoms with Gasteiger partial charge in [-0.15, -0.1) is 0 Å². The second-order valence-corrected chi connectivity index (χ2v) is 3.98. The Kier molecular flexibility index (Phi) is 3.08. The fourth-order valence-corrected chi connectivity index (χ4v) is 1.87. The van der Waals surface area contributed by atoms with Crippen LogP contribution < -0.4 is 16.8 Å². The lowest BCUT2D eigenvalue weighted by Gasteiger charge is -2.27. The summed E-state index contributed by atoms with van der Waals surface area (Å²) in [5, 5.41) is 3.33. The summed E-state index contributed by atoms with van der Waals surface area (Å²) in [4.78, 5) is 2.39. The van der Waals surface area contributed by atoms with Gasteiger partial charge in [0.15, 0.2) is 0 Å². The van der Waals surface area contributed by atoms with Crippen molar-refractivity contribution in [1.29, 1.82) is 0 Å². The highest BCUT2D eigenvalue weighted by molar-refractivity contribution is 5.55. The second kappa shape index (κ2) is 4.51. The molecule has 4 heteroatoms. The van der Waals surface area contributed by atoms with Gasteiger partial charge < -0.3 is 16.8 Å². The molecule has 1 aliphatic heterocycles. The molecule has 0 aromatic heterocycles. The molecular formula is C11H18N4. The third-order valence-electron chi connectivity index (χ3n) is 2.77. The van der Waals surface area contributed by atoms with Gasteiger partial charge in [-0.2, -0.15) is 0 Å². The van der Waals surface area contributed by atoms with Gasteiger partial charge in [-0.25, -0.2) is 0 Å². The van der Waals surface area contributed by atoms with E-state index in [0.717, 1.165) is 49.7 Å². The molecule has 1 fully saturated rings. The summed E-state index contributed by atoms with van der Waals surface area (Å²) in [6.45, 7) is 5.17. The standard InChI is InChI=1S/C11H18N4/c12-10-1-2-11(13)9(7-10)8-15-5-3-14-4-6-15/h1-2,7,14H,3-6,8,12-13H2. The van der Waals surface area contributed by atoms with Crippen molar-refractivity contribution >= 4 is 11.4 Å². The molecule has 0 bridgehead atoms. The van der Waals surface area contributed by atoms with Crippen LogP contribution in [0, 0.1) is 0 Å². The maximum atomic E-state index is 5.91. The normalized spacial score (nSPS) is 17.9. The van der Waals surface area contributed by atoms with Crippen molar-refractivity contribution in [3.05, 3.63) is 23.8 Å². The Morgan fingerprint density at radius 2 is 1.93 bits per heavy atom. The number of anilines is 2. The Balaban J connectivity index is 2.05. The quantitative estimate of drug-likeness (QED) is 0.607. The highest BCUT2D eigenvalue weighted by Gasteiger charge is 2.11. The van der Waals surface area contributed by atoms with E-state index in [4.69, 9.17) is 11.5 Å². The molecule has 15 heavy (non-hydrogen) atoms. The zero-order chi connectivity index (χ0) is 10.7. The van der Waals surface area contributed by atoms with E-state index in [-0.39, 0.29) is 0 Å². The van der Waals surface area contributed by atoms with Crippen LogP contribution in [0.2, 0.25) is 0 Å². The first-order chi connectivity index (χ1) is 7.25. The number of hydrogen-bond acceptors (Lipinski definition) is 4. The molecule has 1 aromatic carbocycles. The first kappa shape index (κ1) is 10.3. The van der Waals surface area contributed by atoms with Crippen molar-refractivity contribution in [3.63, 3.8) is 0 Å². The average molecular weight is 206 g/mol. The van der Waals surface area contributed by atoms with Crippen molar-refractivity contribution in [2.75, 3.05) is 37.6 Å². The van der Waals surface area contributed by atoms with Crippen LogP contribution >= 0.6 is 0 Å². The van der Waals surface area contributed by atoms with Gasteiger partial charge in [0.1, 0.15) is 0 Å². The molecule has 0 aliphatic carbocycles. The number of hydrogen-bond donors (Lipinski definition) is 3. The summed E-state index contributed by atoms with van der Waals surface area (Å²) in [5.74, 6) is 0. The molecule has 0 radical (unpaired) electrons. The molecular weight excluding hydrogens is 188 g/mol. The van der Waals surface area contributed by atoms with E-state index in [1.54, 1.807) is 0 Å². The molecule has 0 atom stereocenters. The second-order valence-electron chi connectivity index (χ2n) is 3.98. The van der Waals surface area contributed by atoms with Gasteiger partial charge in [-0.1, -0.05) is 0 Å². The summed E-state index contributed by atoms with van der Waals surface area (Å²) in [6, 6.07) is 5.70. The van der Waals surface area contributed by atoms with Crippen LogP contribution in [0.25, 0.3) is 0 Å². The van der Waals surface area contributed by atoms with E-state index in [2.05, 4.69) is 10.2 Å². The number of benzene rings is 1. The largest absolute Gasteiger partial charge is 0.399 e. The fraction of sp³-hybridized carbons (Fsp3) is 0.455. The van der Waals surface area contributed by atoms with Crippen molar-refractivity contribution in [3.8, 4) is 0 Å². The Morgan fingerprint density at radius 1 is 1.20 bits per heavy atom. The van der Waals surface area contributed by atoms with Crippen LogP contribution in [0.5, 0.6) is 0 Å². The van der Waals surface area contributed by atoms with Crippen molar-refractivity contribution in [2.45, 2.75) is 6.54 Å². The topological polar surface area (TPSA) is 67.3 Å². The van der Waals surface area contributed by atoms with Crippen LogP contribution in [0.1, 0.15) is 5.56 Å². The maximum Gasteiger partial charge on any atom is 0.0361 e. The van der Waals surface area contributed by atoms with E-state index in [1.807, 2.05) is 18.2 Å². The van der Waals surface area contributed by atoms with E-state index >= 15 is 0 Å². The number of nitrogens with one attached hydrogen (secondary N) is 1. The molecule has 82 valence electrons. The molecule has 4 nitrogen and oxygen atoms in total. The SMILES string of the molecule is Nc1ccc(N)c(CN2CCNCC2)c1. The molecule has 0 amide bonds. The molecule has 0 saturated carbocycles. The summed E-state index contributed by atoms with van der Waals surface area (Å²) in [7, 11) is 0. The smallest absolute Gasteiger partial charge is 0.0361 e. The Bertz CT molecular complexity index is 331. The predicted molar refractivity (Wildman–Crippen MR) is 63.4 cm³/mol. The predicted octanol–water partition coefficient (Wildman–Crippen LogP) is 0.256. The minimum absolute atomic E-state index is 0.786. The van der Waals surface area contributed by atoms with Gasteiger partial charge in [0.25, 0.3) is 0 Å². The minimum Gasteiger partial charge on any atom is -0.399 e. The third-order valence-corrected chi connectivity index (χ3v) is 2.77. The van der Waals surface area contributed by atoms with E-state index < -0.39 is 0 Å². The molecule has 0 unspecified atom stereocenters. The van der Waals surface area contributed by atoms with E-state index in [9.17, 15) is 0 Å². The van der Waals surface area contributed by atoms with Crippen LogP contribution in [-0.2, 0) is 6.54 Å². The van der Waals surface area contributed by atoms with Gasteiger partial charge in [-0.3, -0.25) is 4.90 Å². The lowest BCUT2D eigenvalue weighted by atomic mass is 10.1. The van der Waals surface area contributed by atoms with Crippen molar-refractivity contribution in [1.82, 2.24) is 10.2 Å². The van der Waals surface area contributed by atoms with Crippen LogP contribution in [0.4, 0.5) is 11.4 Å². The van der Waals surface area contributed by atoms with E-state index in [0.29, 0.717) is 0 Å². The molecule has 5 N–H and O–H groups in total. The van der Waals surface area contributed by atoms with Gasteiger partial charge in [-0.05, 0) is 23.8 Å². The zero-order valence-electron chi connectivity index (χ0n) is 8.87. The zero-order valence-corrected chi connectivity index (χ0v) is 8.87. The third kappa shape index (κ3) is 2.61. The number of piperazine rings is 1. The van der Waals surface area contributed by atoms with Crippen molar-refractivity contribution < 1.29 is 0 Å². The highest BCUT2D eigenvalue weighted by Crippen LogP contribution is 2.17. The van der Waals surface area contributed by atoms with Crippen molar-refractivity contribution in [2.24, 2.45) is 0 Å². The molecule has 1 aliphatic rings. The lowest BCUT2D eigenvalue weighted by Crippen LogP contribution is -2.42. The summed E-state index contributed by atoms with van der Waals surface area (Å²) >= 11 is 0. The highest BCUT2D eigenvalue weighted by atomic mass is 15.2. The molecule has 1 heterocycles. The maximum absolute atomic E-state index is 5.91. The van der Waals surface area contributed by atoms with Crippen LogP contribution in [-0.4, -0.2) is 31.1 Å². The average Bonchev–Trinajstić information content (AvgIpc) is 2.25. The minimum atomic E-state index is 0.786. The fourth-order valence-electron chi connectivity index (χ4n) is 1.87. The Hall–Kier alpha value is -1.26. The van der Waals surface area contributed by atoms with Crippen LogP contribution in [0.15, 0.2) is 18.2 Å².